The molecule has 0 spiro atoms. The highest BCUT2D eigenvalue weighted by molar-refractivity contribution is 5.74. The van der Waals surface area contributed by atoms with Crippen molar-refractivity contribution in [1.82, 2.24) is 0 Å². The molecule has 0 aliphatic carbocycles. The monoisotopic (exact) mass is 420 g/mol. The van der Waals surface area contributed by atoms with Crippen LogP contribution in [0.2, 0.25) is 0 Å². The van der Waals surface area contributed by atoms with Crippen molar-refractivity contribution in [3.8, 4) is 28.0 Å². The zero-order valence-corrected chi connectivity index (χ0v) is 17.6. The Labute approximate surface area is 188 Å². The number of benzene rings is 4. The van der Waals surface area contributed by atoms with Gasteiger partial charge in [-0.2, -0.15) is 0 Å². The number of carboxylic acids is 1. The largest absolute Gasteiger partial charge is 0.489 e. The molecule has 0 saturated heterocycles. The maximum atomic E-state index is 11.0. The first-order valence-electron chi connectivity index (χ1n) is 10.5. The number of para-hydroxylation sites is 1. The standard InChI is InChI=1S/C29H24O3/c30-29(31)21-23-8-6-12-26(20-23)27-13-4-5-14-28(27)32-19-7-9-22-15-17-25(18-16-22)24-10-2-1-3-11-24/h1-18,20H,19,21H2,(H,30,31). The average Bonchev–Trinajstić information content (AvgIpc) is 2.83. The molecule has 32 heavy (non-hydrogen) atoms. The van der Waals surface area contributed by atoms with Gasteiger partial charge in [-0.25, -0.2) is 0 Å². The number of rotatable bonds is 8. The van der Waals surface area contributed by atoms with E-state index in [1.807, 2.05) is 78.9 Å². The Bertz CT molecular complexity index is 1210. The van der Waals surface area contributed by atoms with Crippen LogP contribution in [-0.4, -0.2) is 17.7 Å². The molecule has 1 N–H and O–H groups in total. The van der Waals surface area contributed by atoms with E-state index in [1.54, 1.807) is 0 Å². The lowest BCUT2D eigenvalue weighted by atomic mass is 10.0. The third kappa shape index (κ3) is 5.52. The molecule has 0 atom stereocenters. The van der Waals surface area contributed by atoms with E-state index in [9.17, 15) is 4.79 Å². The van der Waals surface area contributed by atoms with Gasteiger partial charge in [0.25, 0.3) is 0 Å². The molecule has 0 aliphatic heterocycles. The molecule has 4 aromatic carbocycles. The van der Waals surface area contributed by atoms with E-state index < -0.39 is 5.97 Å². The van der Waals surface area contributed by atoms with Crippen LogP contribution in [0, 0.1) is 0 Å². The molecule has 3 nitrogen and oxygen atoms in total. The first kappa shape index (κ1) is 21.1. The van der Waals surface area contributed by atoms with Gasteiger partial charge in [0.15, 0.2) is 0 Å². The summed E-state index contributed by atoms with van der Waals surface area (Å²) in [7, 11) is 0. The molecule has 0 unspecified atom stereocenters. The molecule has 0 heterocycles. The summed E-state index contributed by atoms with van der Waals surface area (Å²) < 4.78 is 6.02. The van der Waals surface area contributed by atoms with Crippen LogP contribution < -0.4 is 4.74 Å². The van der Waals surface area contributed by atoms with Crippen LogP contribution in [-0.2, 0) is 11.2 Å². The van der Waals surface area contributed by atoms with Gasteiger partial charge < -0.3 is 9.84 Å². The second-order valence-corrected chi connectivity index (χ2v) is 7.47. The number of ether oxygens (including phenoxy) is 1. The maximum absolute atomic E-state index is 11.0. The van der Waals surface area contributed by atoms with Gasteiger partial charge in [-0.3, -0.25) is 4.79 Å². The van der Waals surface area contributed by atoms with Gasteiger partial charge in [0, 0.05) is 5.56 Å². The third-order valence-corrected chi connectivity index (χ3v) is 5.14. The minimum absolute atomic E-state index is 0.00264. The van der Waals surface area contributed by atoms with Crippen molar-refractivity contribution in [2.75, 3.05) is 6.61 Å². The predicted octanol–water partition coefficient (Wildman–Crippen LogP) is 6.74. The highest BCUT2D eigenvalue weighted by Gasteiger charge is 2.07. The maximum Gasteiger partial charge on any atom is 0.307 e. The fourth-order valence-corrected chi connectivity index (χ4v) is 3.59. The summed E-state index contributed by atoms with van der Waals surface area (Å²) in [4.78, 5) is 11.0. The molecule has 0 radical (unpaired) electrons. The Morgan fingerprint density at radius 3 is 2.22 bits per heavy atom. The van der Waals surface area contributed by atoms with E-state index in [-0.39, 0.29) is 6.42 Å². The molecule has 0 fully saturated rings. The van der Waals surface area contributed by atoms with E-state index in [2.05, 4.69) is 36.4 Å². The van der Waals surface area contributed by atoms with E-state index in [0.29, 0.717) is 6.61 Å². The van der Waals surface area contributed by atoms with Crippen LogP contribution in [0.3, 0.4) is 0 Å². The van der Waals surface area contributed by atoms with Gasteiger partial charge in [0.2, 0.25) is 0 Å². The van der Waals surface area contributed by atoms with Crippen LogP contribution in [0.4, 0.5) is 0 Å². The number of carboxylic acid groups (broad SMARTS) is 1. The third-order valence-electron chi connectivity index (χ3n) is 5.14. The van der Waals surface area contributed by atoms with Crippen LogP contribution >= 0.6 is 0 Å². The van der Waals surface area contributed by atoms with Gasteiger partial charge >= 0.3 is 5.97 Å². The molecule has 4 rings (SSSR count). The van der Waals surface area contributed by atoms with Crippen molar-refractivity contribution in [2.24, 2.45) is 0 Å². The molecule has 3 heteroatoms. The topological polar surface area (TPSA) is 46.5 Å². The lowest BCUT2D eigenvalue weighted by Crippen LogP contribution is -2.00. The van der Waals surface area contributed by atoms with E-state index >= 15 is 0 Å². The Morgan fingerprint density at radius 2 is 1.44 bits per heavy atom. The summed E-state index contributed by atoms with van der Waals surface area (Å²) in [6, 6.07) is 34.1. The number of carbonyl (C=O) groups is 1. The second-order valence-electron chi connectivity index (χ2n) is 7.47. The Kier molecular flexibility index (Phi) is 6.78. The number of hydrogen-bond donors (Lipinski definition) is 1. The van der Waals surface area contributed by atoms with Crippen molar-refractivity contribution >= 4 is 12.0 Å². The van der Waals surface area contributed by atoms with Crippen LogP contribution in [0.1, 0.15) is 11.1 Å². The lowest BCUT2D eigenvalue weighted by Gasteiger charge is -2.11. The minimum atomic E-state index is -0.839. The van der Waals surface area contributed by atoms with Gasteiger partial charge in [-0.1, -0.05) is 103 Å². The zero-order chi connectivity index (χ0) is 22.2. The van der Waals surface area contributed by atoms with Gasteiger partial charge in [-0.05, 0) is 40.0 Å². The fraction of sp³-hybridized carbons (Fsp3) is 0.0690. The number of hydrogen-bond acceptors (Lipinski definition) is 2. The molecular formula is C29H24O3. The fourth-order valence-electron chi connectivity index (χ4n) is 3.59. The predicted molar refractivity (Wildman–Crippen MR) is 130 cm³/mol. The van der Waals surface area contributed by atoms with E-state index in [1.165, 1.54) is 11.1 Å². The Morgan fingerprint density at radius 1 is 0.750 bits per heavy atom. The summed E-state index contributed by atoms with van der Waals surface area (Å²) in [5.74, 6) is -0.0716. The highest BCUT2D eigenvalue weighted by Crippen LogP contribution is 2.30. The SMILES string of the molecule is O=C(O)Cc1cccc(-c2ccccc2OCC=Cc2ccc(-c3ccccc3)cc2)c1. The van der Waals surface area contributed by atoms with Crippen LogP contribution in [0.5, 0.6) is 5.75 Å². The van der Waals surface area contributed by atoms with Crippen molar-refractivity contribution < 1.29 is 14.6 Å². The molecule has 0 saturated carbocycles. The summed E-state index contributed by atoms with van der Waals surface area (Å²) in [6.45, 7) is 0.437. The number of aliphatic carboxylic acids is 1. The summed E-state index contributed by atoms with van der Waals surface area (Å²) in [5, 5.41) is 9.06. The van der Waals surface area contributed by atoms with Gasteiger partial charge in [0.1, 0.15) is 12.4 Å². The normalized spacial score (nSPS) is 10.9. The van der Waals surface area contributed by atoms with Crippen molar-refractivity contribution in [2.45, 2.75) is 6.42 Å². The van der Waals surface area contributed by atoms with Crippen molar-refractivity contribution in [3.05, 3.63) is 120 Å². The second kappa shape index (κ2) is 10.3. The van der Waals surface area contributed by atoms with Gasteiger partial charge in [0.05, 0.1) is 6.42 Å². The van der Waals surface area contributed by atoms with E-state index in [0.717, 1.165) is 28.0 Å². The van der Waals surface area contributed by atoms with E-state index in [4.69, 9.17) is 9.84 Å². The summed E-state index contributed by atoms with van der Waals surface area (Å²) >= 11 is 0. The Balaban J connectivity index is 1.42. The molecule has 158 valence electrons. The molecule has 4 aromatic rings. The van der Waals surface area contributed by atoms with Crippen LogP contribution in [0.15, 0.2) is 109 Å². The van der Waals surface area contributed by atoms with Crippen LogP contribution in [0.25, 0.3) is 28.3 Å². The molecular weight excluding hydrogens is 396 g/mol. The molecule has 0 bridgehead atoms. The molecule has 0 amide bonds. The van der Waals surface area contributed by atoms with Gasteiger partial charge in [-0.15, -0.1) is 0 Å². The van der Waals surface area contributed by atoms with Crippen molar-refractivity contribution in [1.29, 1.82) is 0 Å². The summed E-state index contributed by atoms with van der Waals surface area (Å²) in [5.41, 5.74) is 6.17. The van der Waals surface area contributed by atoms with Crippen molar-refractivity contribution in [3.63, 3.8) is 0 Å². The highest BCUT2D eigenvalue weighted by atomic mass is 16.5. The first-order chi connectivity index (χ1) is 15.7. The molecule has 0 aliphatic rings. The average molecular weight is 421 g/mol. The minimum Gasteiger partial charge on any atom is -0.489 e. The lowest BCUT2D eigenvalue weighted by molar-refractivity contribution is -0.136. The molecule has 0 aromatic heterocycles. The quantitative estimate of drug-likeness (QED) is 0.343. The smallest absolute Gasteiger partial charge is 0.307 e. The first-order valence-corrected chi connectivity index (χ1v) is 10.5. The Hall–Kier alpha value is -4.11. The zero-order valence-electron chi connectivity index (χ0n) is 17.6. The summed E-state index contributed by atoms with van der Waals surface area (Å²) in [6.07, 6.45) is 4.04.